The van der Waals surface area contributed by atoms with E-state index >= 15 is 0 Å². The first-order valence-electron chi connectivity index (χ1n) is 7.57. The zero-order chi connectivity index (χ0) is 14.8. The maximum atomic E-state index is 11.3. The summed E-state index contributed by atoms with van der Waals surface area (Å²) in [7, 11) is 0. The third kappa shape index (κ3) is 3.59. The van der Waals surface area contributed by atoms with Crippen LogP contribution < -0.4 is 0 Å². The molecule has 2 aliphatic rings. The van der Waals surface area contributed by atoms with Crippen LogP contribution in [0.1, 0.15) is 30.6 Å². The topological polar surface area (TPSA) is 43.8 Å². The number of carbonyl (C=O) groups is 1. The summed E-state index contributed by atoms with van der Waals surface area (Å²) in [5, 5.41) is 12.1. The fraction of sp³-hybridized carbons (Fsp3) is 0.667. The van der Waals surface area contributed by atoms with Gasteiger partial charge < -0.3 is 5.11 Å². The second-order valence-electron chi connectivity index (χ2n) is 5.97. The summed E-state index contributed by atoms with van der Waals surface area (Å²) >= 11 is 7.67. The smallest absolute Gasteiger partial charge is 0.320 e. The first kappa shape index (κ1) is 15.3. The minimum atomic E-state index is -0.650. The molecule has 116 valence electrons. The van der Waals surface area contributed by atoms with Gasteiger partial charge in [0.05, 0.1) is 5.02 Å². The van der Waals surface area contributed by atoms with Crippen LogP contribution in [0.5, 0.6) is 0 Å². The lowest BCUT2D eigenvalue weighted by atomic mass is 10.0. The highest BCUT2D eigenvalue weighted by Crippen LogP contribution is 2.27. The molecule has 4 nitrogen and oxygen atoms in total. The Bertz CT molecular complexity index is 500. The molecular formula is C15H21ClN2O2S. The molecule has 0 aromatic carbocycles. The van der Waals surface area contributed by atoms with Gasteiger partial charge in [0, 0.05) is 35.9 Å². The molecule has 2 saturated heterocycles. The van der Waals surface area contributed by atoms with Crippen LogP contribution in [0.3, 0.4) is 0 Å². The zero-order valence-electron chi connectivity index (χ0n) is 12.0. The number of hydrogen-bond acceptors (Lipinski definition) is 4. The molecule has 0 saturated carbocycles. The first-order chi connectivity index (χ1) is 10.1. The molecule has 0 spiro atoms. The third-order valence-electron chi connectivity index (χ3n) is 4.61. The van der Waals surface area contributed by atoms with Crippen molar-refractivity contribution in [1.29, 1.82) is 0 Å². The third-order valence-corrected chi connectivity index (χ3v) is 5.88. The fourth-order valence-corrected chi connectivity index (χ4v) is 4.67. The van der Waals surface area contributed by atoms with Crippen molar-refractivity contribution in [2.24, 2.45) is 0 Å². The van der Waals surface area contributed by atoms with Crippen molar-refractivity contribution >= 4 is 28.9 Å². The van der Waals surface area contributed by atoms with Crippen LogP contribution in [0.25, 0.3) is 0 Å². The molecule has 21 heavy (non-hydrogen) atoms. The number of nitrogens with zero attached hydrogens (tertiary/aromatic N) is 2. The minimum absolute atomic E-state index is 0.252. The molecule has 0 radical (unpaired) electrons. The van der Waals surface area contributed by atoms with E-state index in [-0.39, 0.29) is 6.04 Å². The van der Waals surface area contributed by atoms with Gasteiger partial charge in [0.15, 0.2) is 0 Å². The number of carboxylic acids is 1. The predicted octanol–water partition coefficient (Wildman–Crippen LogP) is 2.91. The standard InChI is InChI=1S/C15H21ClN2O2S/c16-11-8-13(21-10-11)9-17-6-3-12(4-7-17)18-5-1-2-14(18)15(19)20/h8,10,12,14H,1-7,9H2,(H,19,20). The Morgan fingerprint density at radius 1 is 1.33 bits per heavy atom. The largest absolute Gasteiger partial charge is 0.480 e. The highest BCUT2D eigenvalue weighted by molar-refractivity contribution is 7.10. The van der Waals surface area contributed by atoms with Gasteiger partial charge >= 0.3 is 5.97 Å². The van der Waals surface area contributed by atoms with Crippen molar-refractivity contribution < 1.29 is 9.90 Å². The van der Waals surface area contributed by atoms with Crippen LogP contribution in [-0.2, 0) is 11.3 Å². The Hall–Kier alpha value is -0.620. The van der Waals surface area contributed by atoms with Crippen LogP contribution in [0.2, 0.25) is 5.02 Å². The molecule has 2 fully saturated rings. The van der Waals surface area contributed by atoms with Gasteiger partial charge in [0.2, 0.25) is 0 Å². The van der Waals surface area contributed by atoms with Crippen LogP contribution >= 0.6 is 22.9 Å². The van der Waals surface area contributed by atoms with Gasteiger partial charge in [-0.15, -0.1) is 11.3 Å². The molecule has 0 aliphatic carbocycles. The molecule has 3 rings (SSSR count). The number of rotatable bonds is 4. The van der Waals surface area contributed by atoms with E-state index in [1.165, 1.54) is 4.88 Å². The molecular weight excluding hydrogens is 308 g/mol. The summed E-state index contributed by atoms with van der Waals surface area (Å²) in [6.07, 6.45) is 3.97. The predicted molar refractivity (Wildman–Crippen MR) is 85.0 cm³/mol. The van der Waals surface area contributed by atoms with E-state index in [0.29, 0.717) is 6.04 Å². The Labute approximate surface area is 134 Å². The van der Waals surface area contributed by atoms with Crippen LogP contribution in [0.4, 0.5) is 0 Å². The van der Waals surface area contributed by atoms with E-state index in [1.807, 2.05) is 11.4 Å². The molecule has 2 aliphatic heterocycles. The number of halogens is 1. The van der Waals surface area contributed by atoms with Crippen molar-refractivity contribution in [3.63, 3.8) is 0 Å². The minimum Gasteiger partial charge on any atom is -0.480 e. The zero-order valence-corrected chi connectivity index (χ0v) is 13.6. The van der Waals surface area contributed by atoms with Gasteiger partial charge in [-0.3, -0.25) is 14.6 Å². The lowest BCUT2D eigenvalue weighted by Gasteiger charge is -2.38. The Kier molecular flexibility index (Phi) is 4.84. The van der Waals surface area contributed by atoms with E-state index in [1.54, 1.807) is 11.3 Å². The quantitative estimate of drug-likeness (QED) is 0.923. The number of carboxylic acid groups (broad SMARTS) is 1. The summed E-state index contributed by atoms with van der Waals surface area (Å²) in [5.74, 6) is -0.650. The van der Waals surface area contributed by atoms with Crippen molar-refractivity contribution in [3.05, 3.63) is 21.3 Å². The number of thiophene rings is 1. The second-order valence-corrected chi connectivity index (χ2v) is 7.40. The Morgan fingerprint density at radius 2 is 2.10 bits per heavy atom. The average molecular weight is 329 g/mol. The molecule has 1 atom stereocenters. The molecule has 6 heteroatoms. The summed E-state index contributed by atoms with van der Waals surface area (Å²) in [6.45, 7) is 4.00. The maximum Gasteiger partial charge on any atom is 0.320 e. The number of likely N-dealkylation sites (tertiary alicyclic amines) is 2. The average Bonchev–Trinajstić information content (AvgIpc) is 3.09. The molecule has 0 amide bonds. The van der Waals surface area contributed by atoms with Crippen LogP contribution in [-0.4, -0.2) is 52.6 Å². The SMILES string of the molecule is O=C(O)C1CCCN1C1CCN(Cc2cc(Cl)cs2)CC1. The summed E-state index contributed by atoms with van der Waals surface area (Å²) < 4.78 is 0. The summed E-state index contributed by atoms with van der Waals surface area (Å²) in [4.78, 5) is 17.3. The first-order valence-corrected chi connectivity index (χ1v) is 8.83. The summed E-state index contributed by atoms with van der Waals surface area (Å²) in [5.41, 5.74) is 0. The molecule has 1 unspecified atom stereocenters. The monoisotopic (exact) mass is 328 g/mol. The highest BCUT2D eigenvalue weighted by Gasteiger charge is 2.36. The Morgan fingerprint density at radius 3 is 2.71 bits per heavy atom. The van der Waals surface area contributed by atoms with Gasteiger partial charge in [0.25, 0.3) is 0 Å². The normalized spacial score (nSPS) is 25.5. The molecule has 0 bridgehead atoms. The highest BCUT2D eigenvalue weighted by atomic mass is 35.5. The van der Waals surface area contributed by atoms with E-state index in [0.717, 1.165) is 56.9 Å². The molecule has 1 N–H and O–H groups in total. The van der Waals surface area contributed by atoms with Gasteiger partial charge in [0.1, 0.15) is 6.04 Å². The van der Waals surface area contributed by atoms with Crippen molar-refractivity contribution in [1.82, 2.24) is 9.80 Å². The molecule has 1 aromatic heterocycles. The summed E-state index contributed by atoms with van der Waals surface area (Å²) in [6, 6.07) is 2.23. The lowest BCUT2D eigenvalue weighted by Crippen LogP contribution is -2.48. The molecule has 3 heterocycles. The van der Waals surface area contributed by atoms with Gasteiger partial charge in [-0.2, -0.15) is 0 Å². The number of piperidine rings is 1. The maximum absolute atomic E-state index is 11.3. The van der Waals surface area contributed by atoms with Crippen LogP contribution in [0.15, 0.2) is 11.4 Å². The van der Waals surface area contributed by atoms with Gasteiger partial charge in [-0.1, -0.05) is 11.6 Å². The van der Waals surface area contributed by atoms with E-state index in [2.05, 4.69) is 9.80 Å². The Balaban J connectivity index is 1.52. The van der Waals surface area contributed by atoms with Crippen molar-refractivity contribution in [2.45, 2.75) is 44.3 Å². The van der Waals surface area contributed by atoms with Crippen LogP contribution in [0, 0.1) is 0 Å². The fourth-order valence-electron chi connectivity index (χ4n) is 3.56. The molecule has 1 aromatic rings. The van der Waals surface area contributed by atoms with Gasteiger partial charge in [-0.05, 0) is 38.3 Å². The lowest BCUT2D eigenvalue weighted by molar-refractivity contribution is -0.143. The van der Waals surface area contributed by atoms with Crippen molar-refractivity contribution in [3.8, 4) is 0 Å². The van der Waals surface area contributed by atoms with Gasteiger partial charge in [-0.25, -0.2) is 0 Å². The number of aliphatic carboxylic acids is 1. The van der Waals surface area contributed by atoms with E-state index < -0.39 is 5.97 Å². The van der Waals surface area contributed by atoms with E-state index in [4.69, 9.17) is 11.6 Å². The van der Waals surface area contributed by atoms with Crippen molar-refractivity contribution in [2.75, 3.05) is 19.6 Å². The number of hydrogen-bond donors (Lipinski definition) is 1. The van der Waals surface area contributed by atoms with E-state index in [9.17, 15) is 9.90 Å². The second kappa shape index (κ2) is 6.65.